The lowest BCUT2D eigenvalue weighted by atomic mass is 9.96. The van der Waals surface area contributed by atoms with Gasteiger partial charge in [0.05, 0.1) is 6.61 Å². The highest BCUT2D eigenvalue weighted by Crippen LogP contribution is 2.44. The summed E-state index contributed by atoms with van der Waals surface area (Å²) < 4.78 is 25.6. The number of rotatable bonds is 9. The first-order valence-electron chi connectivity index (χ1n) is 9.70. The lowest BCUT2D eigenvalue weighted by molar-refractivity contribution is 0.359. The predicted octanol–water partition coefficient (Wildman–Crippen LogP) is 7.63. The van der Waals surface area contributed by atoms with Crippen molar-refractivity contribution in [2.24, 2.45) is 5.92 Å². The molecule has 0 radical (unpaired) electrons. The summed E-state index contributed by atoms with van der Waals surface area (Å²) in [6.07, 6.45) is 2.54. The van der Waals surface area contributed by atoms with Gasteiger partial charge in [-0.15, -0.1) is 0 Å². The van der Waals surface area contributed by atoms with Crippen LogP contribution in [0.2, 0.25) is 5.02 Å². The number of hydrogen-bond donors (Lipinski definition) is 0. The van der Waals surface area contributed by atoms with Crippen molar-refractivity contribution in [3.05, 3.63) is 94.8 Å². The van der Waals surface area contributed by atoms with E-state index in [0.29, 0.717) is 18.3 Å². The molecule has 1 aliphatic rings. The van der Waals surface area contributed by atoms with E-state index in [1.54, 1.807) is 24.3 Å². The Hall–Kier alpha value is -2.01. The van der Waals surface area contributed by atoms with E-state index in [4.69, 9.17) is 20.5 Å². The molecule has 0 spiro atoms. The first kappa shape index (κ1) is 20.3. The monoisotopic (exact) mass is 428 g/mol. The van der Waals surface area contributed by atoms with Gasteiger partial charge in [-0.05, 0) is 84.2 Å². The van der Waals surface area contributed by atoms with Gasteiger partial charge in [0.1, 0.15) is 5.75 Å². The second-order valence-corrected chi connectivity index (χ2v) is 8.46. The van der Waals surface area contributed by atoms with E-state index in [0.717, 1.165) is 22.3 Å². The van der Waals surface area contributed by atoms with E-state index >= 15 is 0 Å². The predicted molar refractivity (Wildman–Crippen MR) is 117 cm³/mol. The number of halogens is 2. The second-order valence-electron chi connectivity index (χ2n) is 7.22. The van der Waals surface area contributed by atoms with Crippen molar-refractivity contribution in [1.29, 1.82) is 0 Å². The van der Waals surface area contributed by atoms with Crippen LogP contribution in [0.5, 0.6) is 11.5 Å². The SMILES string of the molecule is Fc1ccc(COSCC(c2ccc(Cl)cc2)C2CC2)cc1Oc1ccccc1. The summed E-state index contributed by atoms with van der Waals surface area (Å²) >= 11 is 7.48. The summed E-state index contributed by atoms with van der Waals surface area (Å²) in [4.78, 5) is 0. The molecule has 29 heavy (non-hydrogen) atoms. The molecule has 1 atom stereocenters. The Morgan fingerprint density at radius 2 is 1.76 bits per heavy atom. The van der Waals surface area contributed by atoms with Gasteiger partial charge in [-0.2, -0.15) is 0 Å². The quantitative estimate of drug-likeness (QED) is 0.258. The summed E-state index contributed by atoms with van der Waals surface area (Å²) in [6.45, 7) is 0.397. The number of benzene rings is 3. The molecule has 4 rings (SSSR count). The van der Waals surface area contributed by atoms with Crippen LogP contribution < -0.4 is 4.74 Å². The van der Waals surface area contributed by atoms with E-state index < -0.39 is 0 Å². The Kier molecular flexibility index (Phi) is 6.75. The highest BCUT2D eigenvalue weighted by Gasteiger charge is 2.32. The summed E-state index contributed by atoms with van der Waals surface area (Å²) in [5.74, 6) is 2.52. The minimum Gasteiger partial charge on any atom is -0.454 e. The molecule has 1 fully saturated rings. The molecule has 3 aromatic carbocycles. The Labute approximate surface area is 180 Å². The molecule has 0 aromatic heterocycles. The molecular formula is C24H22ClFO2S. The third-order valence-electron chi connectivity index (χ3n) is 5.01. The largest absolute Gasteiger partial charge is 0.454 e. The molecule has 0 aliphatic heterocycles. The number of para-hydroxylation sites is 1. The van der Waals surface area contributed by atoms with Gasteiger partial charge in [0, 0.05) is 10.8 Å². The van der Waals surface area contributed by atoms with Crippen molar-refractivity contribution in [1.82, 2.24) is 0 Å². The van der Waals surface area contributed by atoms with E-state index in [-0.39, 0.29) is 11.6 Å². The zero-order valence-electron chi connectivity index (χ0n) is 15.9. The van der Waals surface area contributed by atoms with Gasteiger partial charge >= 0.3 is 0 Å². The standard InChI is InChI=1S/C24H22ClFO2S/c25-20-11-9-19(10-12-20)22(18-7-8-18)16-29-27-15-17-6-13-23(26)24(14-17)28-21-4-2-1-3-5-21/h1-6,9-14,18,22H,7-8,15-16H2. The first-order chi connectivity index (χ1) is 14.2. The fraction of sp³-hybridized carbons (Fsp3) is 0.250. The van der Waals surface area contributed by atoms with Gasteiger partial charge in [0.25, 0.3) is 0 Å². The second kappa shape index (κ2) is 9.66. The van der Waals surface area contributed by atoms with Gasteiger partial charge in [0.2, 0.25) is 0 Å². The molecule has 2 nitrogen and oxygen atoms in total. The molecular weight excluding hydrogens is 407 g/mol. The van der Waals surface area contributed by atoms with Gasteiger partial charge < -0.3 is 8.92 Å². The van der Waals surface area contributed by atoms with Crippen LogP contribution in [-0.4, -0.2) is 5.75 Å². The lowest BCUT2D eigenvalue weighted by Crippen LogP contribution is -2.05. The highest BCUT2D eigenvalue weighted by atomic mass is 35.5. The van der Waals surface area contributed by atoms with Crippen LogP contribution in [0.4, 0.5) is 4.39 Å². The Morgan fingerprint density at radius 3 is 2.48 bits per heavy atom. The number of hydrogen-bond acceptors (Lipinski definition) is 3. The molecule has 0 bridgehead atoms. The topological polar surface area (TPSA) is 18.5 Å². The van der Waals surface area contributed by atoms with Crippen molar-refractivity contribution < 1.29 is 13.3 Å². The molecule has 1 saturated carbocycles. The molecule has 1 unspecified atom stereocenters. The van der Waals surface area contributed by atoms with E-state index in [2.05, 4.69) is 12.1 Å². The van der Waals surface area contributed by atoms with E-state index in [9.17, 15) is 4.39 Å². The van der Waals surface area contributed by atoms with Crippen LogP contribution in [0.25, 0.3) is 0 Å². The van der Waals surface area contributed by atoms with Crippen molar-refractivity contribution in [3.63, 3.8) is 0 Å². The minimum absolute atomic E-state index is 0.208. The number of ether oxygens (including phenoxy) is 1. The Bertz CT molecular complexity index is 929. The summed E-state index contributed by atoms with van der Waals surface area (Å²) in [6, 6.07) is 22.2. The first-order valence-corrected chi connectivity index (χ1v) is 11.0. The molecule has 5 heteroatoms. The summed E-state index contributed by atoms with van der Waals surface area (Å²) in [7, 11) is 0. The smallest absolute Gasteiger partial charge is 0.165 e. The molecule has 1 aliphatic carbocycles. The highest BCUT2D eigenvalue weighted by molar-refractivity contribution is 7.94. The zero-order chi connectivity index (χ0) is 20.1. The maximum absolute atomic E-state index is 14.1. The van der Waals surface area contributed by atoms with Crippen LogP contribution in [-0.2, 0) is 10.8 Å². The molecule has 0 N–H and O–H groups in total. The van der Waals surface area contributed by atoms with Crippen LogP contribution in [0.1, 0.15) is 29.9 Å². The van der Waals surface area contributed by atoms with Crippen molar-refractivity contribution in [2.75, 3.05) is 5.75 Å². The minimum atomic E-state index is -0.387. The van der Waals surface area contributed by atoms with E-state index in [1.165, 1.54) is 36.5 Å². The fourth-order valence-electron chi connectivity index (χ4n) is 3.28. The summed E-state index contributed by atoms with van der Waals surface area (Å²) in [5.41, 5.74) is 2.19. The normalized spacial score (nSPS) is 14.6. The van der Waals surface area contributed by atoms with Gasteiger partial charge in [-0.25, -0.2) is 4.39 Å². The average molecular weight is 429 g/mol. The third-order valence-corrected chi connectivity index (χ3v) is 6.04. The zero-order valence-corrected chi connectivity index (χ0v) is 17.5. The molecule has 150 valence electrons. The van der Waals surface area contributed by atoms with Crippen molar-refractivity contribution >= 4 is 23.6 Å². The molecule has 0 saturated heterocycles. The fourth-order valence-corrected chi connectivity index (χ4v) is 4.33. The van der Waals surface area contributed by atoms with E-state index in [1.807, 2.05) is 30.3 Å². The van der Waals surface area contributed by atoms with Gasteiger partial charge in [0.15, 0.2) is 11.6 Å². The average Bonchev–Trinajstić information content (AvgIpc) is 3.57. The summed E-state index contributed by atoms with van der Waals surface area (Å²) in [5, 5.41) is 0.761. The van der Waals surface area contributed by atoms with Crippen LogP contribution in [0, 0.1) is 11.7 Å². The van der Waals surface area contributed by atoms with Crippen molar-refractivity contribution in [3.8, 4) is 11.5 Å². The Balaban J connectivity index is 1.32. The Morgan fingerprint density at radius 1 is 1.00 bits per heavy atom. The molecule has 0 heterocycles. The van der Waals surface area contributed by atoms with Crippen LogP contribution in [0.15, 0.2) is 72.8 Å². The maximum atomic E-state index is 14.1. The lowest BCUT2D eigenvalue weighted by Gasteiger charge is -2.16. The van der Waals surface area contributed by atoms with Crippen molar-refractivity contribution in [2.45, 2.75) is 25.4 Å². The molecule has 0 amide bonds. The molecule has 3 aromatic rings. The van der Waals surface area contributed by atoms with Crippen LogP contribution >= 0.6 is 23.6 Å². The van der Waals surface area contributed by atoms with Gasteiger partial charge in [-0.3, -0.25) is 0 Å². The van der Waals surface area contributed by atoms with Gasteiger partial charge in [-0.1, -0.05) is 48.0 Å². The maximum Gasteiger partial charge on any atom is 0.165 e. The van der Waals surface area contributed by atoms with Crippen LogP contribution in [0.3, 0.4) is 0 Å². The third kappa shape index (κ3) is 5.75.